The molecule has 0 unspecified atom stereocenters. The molecular formula is C14H15NO4. The van der Waals surface area contributed by atoms with Crippen LogP contribution in [-0.4, -0.2) is 16.7 Å². The van der Waals surface area contributed by atoms with Crippen molar-refractivity contribution in [3.63, 3.8) is 0 Å². The maximum Gasteiger partial charge on any atom is 0.254 e. The average molecular weight is 261 g/mol. The van der Waals surface area contributed by atoms with E-state index in [-0.39, 0.29) is 0 Å². The molecule has 0 amide bonds. The predicted molar refractivity (Wildman–Crippen MR) is 71.7 cm³/mol. The Kier molecular flexibility index (Phi) is 4.32. The largest absolute Gasteiger partial charge is 0.505 e. The molecule has 0 aromatic heterocycles. The van der Waals surface area contributed by atoms with Crippen molar-refractivity contribution in [3.8, 4) is 0 Å². The van der Waals surface area contributed by atoms with Gasteiger partial charge in [0, 0.05) is 12.5 Å². The van der Waals surface area contributed by atoms with Crippen LogP contribution < -0.4 is 0 Å². The number of rotatable bonds is 4. The van der Waals surface area contributed by atoms with E-state index >= 15 is 0 Å². The van der Waals surface area contributed by atoms with Crippen LogP contribution in [0.2, 0.25) is 0 Å². The molecule has 0 spiro atoms. The number of hydrogen-bond donors (Lipinski definition) is 1. The molecule has 0 aliphatic rings. The molecule has 1 aromatic carbocycles. The Bertz CT molecular complexity index is 576. The van der Waals surface area contributed by atoms with Crippen molar-refractivity contribution in [2.75, 3.05) is 0 Å². The molecule has 0 saturated carbocycles. The van der Waals surface area contributed by atoms with E-state index in [0.29, 0.717) is 16.7 Å². The van der Waals surface area contributed by atoms with Gasteiger partial charge in [0.1, 0.15) is 0 Å². The number of aliphatic hydroxyl groups excluding tert-OH is 1. The van der Waals surface area contributed by atoms with Crippen molar-refractivity contribution in [1.29, 1.82) is 0 Å². The Hall–Kier alpha value is -2.30. The summed E-state index contributed by atoms with van der Waals surface area (Å²) in [6, 6.07) is 3.61. The van der Waals surface area contributed by atoms with Gasteiger partial charge in [-0.25, -0.2) is 0 Å². The summed E-state index contributed by atoms with van der Waals surface area (Å²) in [5.41, 5.74) is 2.00. The molecule has 1 N–H and O–H groups in total. The van der Waals surface area contributed by atoms with E-state index in [1.807, 2.05) is 6.92 Å². The fourth-order valence-electron chi connectivity index (χ4n) is 2.03. The van der Waals surface area contributed by atoms with Crippen LogP contribution in [0.25, 0.3) is 5.76 Å². The quantitative estimate of drug-likeness (QED) is 0.391. The zero-order valence-electron chi connectivity index (χ0n) is 11.3. The lowest BCUT2D eigenvalue weighted by Gasteiger charge is -2.11. The molecule has 0 fully saturated rings. The summed E-state index contributed by atoms with van der Waals surface area (Å²) >= 11 is 0. The van der Waals surface area contributed by atoms with Crippen LogP contribution in [0.15, 0.2) is 23.0 Å². The third kappa shape index (κ3) is 2.93. The molecule has 5 nitrogen and oxygen atoms in total. The summed E-state index contributed by atoms with van der Waals surface area (Å²) in [6.07, 6.45) is 0. The zero-order valence-corrected chi connectivity index (χ0v) is 11.3. The van der Waals surface area contributed by atoms with Crippen molar-refractivity contribution >= 4 is 17.3 Å². The van der Waals surface area contributed by atoms with E-state index in [1.165, 1.54) is 0 Å². The van der Waals surface area contributed by atoms with Gasteiger partial charge in [-0.3, -0.25) is 9.59 Å². The maximum absolute atomic E-state index is 11.5. The highest BCUT2D eigenvalue weighted by molar-refractivity contribution is 6.43. The number of aryl methyl sites for hydroxylation is 3. The number of hydrogen-bond acceptors (Lipinski definition) is 5. The average Bonchev–Trinajstić information content (AvgIpc) is 2.28. The van der Waals surface area contributed by atoms with Crippen molar-refractivity contribution in [2.45, 2.75) is 27.7 Å². The second kappa shape index (κ2) is 5.56. The molecule has 0 aliphatic heterocycles. The fraction of sp³-hybridized carbons (Fsp3) is 0.286. The van der Waals surface area contributed by atoms with Gasteiger partial charge in [0.15, 0.2) is 5.76 Å². The monoisotopic (exact) mass is 261 g/mol. The highest BCUT2D eigenvalue weighted by atomic mass is 16.3. The predicted octanol–water partition coefficient (Wildman–Crippen LogP) is 2.76. The number of aliphatic hydroxyl groups is 1. The minimum atomic E-state index is -1.09. The molecule has 0 saturated heterocycles. The second-order valence-corrected chi connectivity index (χ2v) is 4.45. The van der Waals surface area contributed by atoms with Crippen molar-refractivity contribution in [1.82, 2.24) is 0 Å². The van der Waals surface area contributed by atoms with Crippen LogP contribution >= 0.6 is 0 Å². The smallest absolute Gasteiger partial charge is 0.254 e. The van der Waals surface area contributed by atoms with Crippen LogP contribution in [0.1, 0.15) is 29.2 Å². The third-order valence-corrected chi connectivity index (χ3v) is 2.76. The van der Waals surface area contributed by atoms with Crippen molar-refractivity contribution in [3.05, 3.63) is 45.0 Å². The van der Waals surface area contributed by atoms with Gasteiger partial charge in [0.2, 0.25) is 11.5 Å². The Balaban J connectivity index is 3.55. The number of benzene rings is 1. The Morgan fingerprint density at radius 1 is 1.11 bits per heavy atom. The van der Waals surface area contributed by atoms with Crippen LogP contribution in [-0.2, 0) is 9.59 Å². The number of ketones is 2. The lowest BCUT2D eigenvalue weighted by Crippen LogP contribution is -2.13. The molecule has 1 aromatic rings. The SMILES string of the molecule is CC(=O)C(=O)/C(N=O)=C(/O)c1c(C)cc(C)cc1C. The zero-order chi connectivity index (χ0) is 14.7. The van der Waals surface area contributed by atoms with Gasteiger partial charge in [0.05, 0.1) is 0 Å². The highest BCUT2D eigenvalue weighted by Crippen LogP contribution is 2.26. The van der Waals surface area contributed by atoms with Gasteiger partial charge >= 0.3 is 0 Å². The van der Waals surface area contributed by atoms with E-state index in [1.54, 1.807) is 26.0 Å². The molecule has 19 heavy (non-hydrogen) atoms. The summed E-state index contributed by atoms with van der Waals surface area (Å²) in [4.78, 5) is 33.2. The minimum Gasteiger partial charge on any atom is -0.505 e. The highest BCUT2D eigenvalue weighted by Gasteiger charge is 2.23. The van der Waals surface area contributed by atoms with Crippen LogP contribution in [0, 0.1) is 25.7 Å². The third-order valence-electron chi connectivity index (χ3n) is 2.76. The first-order valence-corrected chi connectivity index (χ1v) is 5.69. The van der Waals surface area contributed by atoms with Gasteiger partial charge in [-0.05, 0) is 37.1 Å². The van der Waals surface area contributed by atoms with Crippen molar-refractivity contribution in [2.24, 2.45) is 5.18 Å². The molecule has 0 bridgehead atoms. The number of carbonyl (C=O) groups is 2. The van der Waals surface area contributed by atoms with Gasteiger partial charge in [-0.2, -0.15) is 0 Å². The van der Waals surface area contributed by atoms with Gasteiger partial charge in [0.25, 0.3) is 5.78 Å². The molecule has 5 heteroatoms. The lowest BCUT2D eigenvalue weighted by molar-refractivity contribution is -0.133. The summed E-state index contributed by atoms with van der Waals surface area (Å²) in [5, 5.41) is 12.6. The van der Waals surface area contributed by atoms with Crippen LogP contribution in [0.4, 0.5) is 0 Å². The summed E-state index contributed by atoms with van der Waals surface area (Å²) in [7, 11) is 0. The first-order chi connectivity index (χ1) is 8.79. The summed E-state index contributed by atoms with van der Waals surface area (Å²) in [5.74, 6) is -2.49. The topological polar surface area (TPSA) is 83.8 Å². The number of nitroso groups, excluding NO2 is 1. The minimum absolute atomic E-state index is 0.356. The molecule has 100 valence electrons. The van der Waals surface area contributed by atoms with Crippen LogP contribution in [0.5, 0.6) is 0 Å². The Labute approximate surface area is 110 Å². The number of allylic oxidation sites excluding steroid dienone is 1. The molecule has 0 heterocycles. The molecule has 1 rings (SSSR count). The lowest BCUT2D eigenvalue weighted by atomic mass is 9.96. The summed E-state index contributed by atoms with van der Waals surface area (Å²) in [6.45, 7) is 6.40. The molecule has 0 aliphatic carbocycles. The van der Waals surface area contributed by atoms with Gasteiger partial charge < -0.3 is 5.11 Å². The molecule has 0 atom stereocenters. The number of nitrogens with zero attached hydrogens (tertiary/aromatic N) is 1. The Morgan fingerprint density at radius 2 is 1.58 bits per heavy atom. The molecule has 0 radical (unpaired) electrons. The number of carbonyl (C=O) groups excluding carboxylic acids is 2. The molecular weight excluding hydrogens is 246 g/mol. The van der Waals surface area contributed by atoms with E-state index in [0.717, 1.165) is 12.5 Å². The first kappa shape index (κ1) is 14.8. The summed E-state index contributed by atoms with van der Waals surface area (Å²) < 4.78 is 0. The fourth-order valence-corrected chi connectivity index (χ4v) is 2.03. The van der Waals surface area contributed by atoms with E-state index in [2.05, 4.69) is 5.18 Å². The number of Topliss-reactive ketones (excluding diaryl/α,β-unsaturated/α-hetero) is 2. The van der Waals surface area contributed by atoms with Crippen LogP contribution in [0.3, 0.4) is 0 Å². The normalized spacial score (nSPS) is 11.8. The Morgan fingerprint density at radius 3 is 1.95 bits per heavy atom. The van der Waals surface area contributed by atoms with Gasteiger partial charge in [-0.15, -0.1) is 4.91 Å². The first-order valence-electron chi connectivity index (χ1n) is 5.69. The van der Waals surface area contributed by atoms with E-state index in [9.17, 15) is 19.6 Å². The van der Waals surface area contributed by atoms with E-state index < -0.39 is 23.0 Å². The van der Waals surface area contributed by atoms with Crippen molar-refractivity contribution < 1.29 is 14.7 Å². The standard InChI is InChI=1S/C14H15NO4/c1-7-5-8(2)11(9(3)6-7)14(18)12(15-19)13(17)10(4)16/h5-6,18H,1-4H3/b14-12-. The second-order valence-electron chi connectivity index (χ2n) is 4.45. The maximum atomic E-state index is 11.5. The van der Waals surface area contributed by atoms with E-state index in [4.69, 9.17) is 0 Å². The van der Waals surface area contributed by atoms with Gasteiger partial charge in [-0.1, -0.05) is 17.7 Å².